The van der Waals surface area contributed by atoms with Crippen molar-refractivity contribution < 1.29 is 23.8 Å². The quantitative estimate of drug-likeness (QED) is 0.132. The summed E-state index contributed by atoms with van der Waals surface area (Å²) in [6, 6.07) is 18.2. The van der Waals surface area contributed by atoms with Crippen LogP contribution in [0.4, 0.5) is 0 Å². The van der Waals surface area contributed by atoms with Crippen LogP contribution in [0.25, 0.3) is 16.8 Å². The minimum Gasteiger partial charge on any atom is -0.487 e. The summed E-state index contributed by atoms with van der Waals surface area (Å²) in [6.07, 6.45) is 5.50. The van der Waals surface area contributed by atoms with Crippen LogP contribution in [0.2, 0.25) is 0 Å². The Balaban J connectivity index is 1.35. The second kappa shape index (κ2) is 9.85. The van der Waals surface area contributed by atoms with Crippen molar-refractivity contribution in [3.8, 4) is 5.75 Å². The molecule has 1 saturated carbocycles. The Morgan fingerprint density at radius 3 is 2.24 bits per heavy atom. The van der Waals surface area contributed by atoms with Crippen LogP contribution in [0.15, 0.2) is 60.2 Å². The van der Waals surface area contributed by atoms with Gasteiger partial charge in [-0.1, -0.05) is 48.9 Å². The number of carbonyl (C=O) groups excluding carboxylic acids is 2. The van der Waals surface area contributed by atoms with E-state index >= 15 is 0 Å². The molecule has 1 heterocycles. The number of halogens is 2. The molecule has 0 amide bonds. The molecule has 3 aromatic rings. The molecule has 0 unspecified atom stereocenters. The third-order valence-electron chi connectivity index (χ3n) is 6.20. The first-order valence-corrected chi connectivity index (χ1v) is 13.4. The molecule has 2 fully saturated rings. The van der Waals surface area contributed by atoms with Crippen molar-refractivity contribution in [2.45, 2.75) is 44.5 Å². The number of fused-ring (bicyclic) bond motifs is 1. The van der Waals surface area contributed by atoms with Gasteiger partial charge in [-0.15, -0.1) is 0 Å². The van der Waals surface area contributed by atoms with E-state index in [1.54, 1.807) is 6.08 Å². The summed E-state index contributed by atoms with van der Waals surface area (Å²) in [6.45, 7) is 0.439. The zero-order chi connectivity index (χ0) is 23.7. The van der Waals surface area contributed by atoms with Gasteiger partial charge in [0.15, 0.2) is 0 Å². The van der Waals surface area contributed by atoms with E-state index in [2.05, 4.69) is 69.4 Å². The van der Waals surface area contributed by atoms with E-state index < -0.39 is 17.7 Å². The van der Waals surface area contributed by atoms with Crippen LogP contribution < -0.4 is 4.74 Å². The normalized spacial score (nSPS) is 17.4. The number of rotatable bonds is 4. The maximum Gasteiger partial charge on any atom is 0.348 e. The monoisotopic (exact) mass is 680 g/mol. The van der Waals surface area contributed by atoms with E-state index in [-0.39, 0.29) is 5.57 Å². The second-order valence-corrected chi connectivity index (χ2v) is 10.9. The van der Waals surface area contributed by atoms with Gasteiger partial charge < -0.3 is 14.2 Å². The smallest absolute Gasteiger partial charge is 0.348 e. The van der Waals surface area contributed by atoms with E-state index in [0.717, 1.165) is 43.3 Å². The molecular formula is C27H22I2O5. The predicted octanol–water partition coefficient (Wildman–Crippen LogP) is 6.77. The number of hydrogen-bond acceptors (Lipinski definition) is 5. The van der Waals surface area contributed by atoms with Crippen molar-refractivity contribution in [3.05, 3.63) is 78.4 Å². The second-order valence-electron chi connectivity index (χ2n) is 8.55. The zero-order valence-electron chi connectivity index (χ0n) is 18.3. The van der Waals surface area contributed by atoms with E-state index in [1.165, 1.54) is 10.8 Å². The van der Waals surface area contributed by atoms with E-state index in [9.17, 15) is 9.59 Å². The molecule has 0 aromatic heterocycles. The number of benzene rings is 3. The van der Waals surface area contributed by atoms with Crippen LogP contribution in [0.1, 0.15) is 43.2 Å². The molecule has 2 aliphatic rings. The summed E-state index contributed by atoms with van der Waals surface area (Å²) in [5.41, 5.74) is 1.75. The molecule has 0 atom stereocenters. The van der Waals surface area contributed by atoms with Gasteiger partial charge in [-0.05, 0) is 98.1 Å². The topological polar surface area (TPSA) is 61.8 Å². The van der Waals surface area contributed by atoms with Crippen molar-refractivity contribution in [3.63, 3.8) is 0 Å². The first-order valence-electron chi connectivity index (χ1n) is 11.2. The van der Waals surface area contributed by atoms with Gasteiger partial charge >= 0.3 is 11.9 Å². The van der Waals surface area contributed by atoms with Gasteiger partial charge in [-0.3, -0.25) is 0 Å². The Kier molecular flexibility index (Phi) is 6.83. The zero-order valence-corrected chi connectivity index (χ0v) is 22.6. The molecule has 0 N–H and O–H groups in total. The highest BCUT2D eigenvalue weighted by atomic mass is 127. The lowest BCUT2D eigenvalue weighted by atomic mass is 9.93. The average molecular weight is 680 g/mol. The summed E-state index contributed by atoms with van der Waals surface area (Å²) in [5, 5.41) is 2.35. The summed E-state index contributed by atoms with van der Waals surface area (Å²) in [5.74, 6) is -1.53. The van der Waals surface area contributed by atoms with Crippen LogP contribution in [0, 0.1) is 7.14 Å². The molecular weight excluding hydrogens is 658 g/mol. The molecule has 1 spiro atoms. The highest BCUT2D eigenvalue weighted by Gasteiger charge is 2.46. The third kappa shape index (κ3) is 4.82. The van der Waals surface area contributed by atoms with Crippen molar-refractivity contribution in [1.29, 1.82) is 0 Å². The molecule has 5 rings (SSSR count). The fourth-order valence-electron chi connectivity index (χ4n) is 4.50. The van der Waals surface area contributed by atoms with Crippen LogP contribution >= 0.6 is 45.2 Å². The first-order chi connectivity index (χ1) is 16.4. The highest BCUT2D eigenvalue weighted by Crippen LogP contribution is 2.38. The maximum atomic E-state index is 12.7. The van der Waals surface area contributed by atoms with E-state index in [0.29, 0.717) is 19.4 Å². The first kappa shape index (κ1) is 23.6. The van der Waals surface area contributed by atoms with E-state index in [4.69, 9.17) is 14.2 Å². The predicted molar refractivity (Wildman–Crippen MR) is 146 cm³/mol. The molecule has 7 heteroatoms. The van der Waals surface area contributed by atoms with Gasteiger partial charge in [0.25, 0.3) is 5.79 Å². The number of esters is 2. The molecule has 174 valence electrons. The summed E-state index contributed by atoms with van der Waals surface area (Å²) in [4.78, 5) is 25.3. The van der Waals surface area contributed by atoms with Crippen LogP contribution in [0.5, 0.6) is 5.75 Å². The van der Waals surface area contributed by atoms with Gasteiger partial charge in [0, 0.05) is 12.8 Å². The summed E-state index contributed by atoms with van der Waals surface area (Å²) >= 11 is 4.43. The van der Waals surface area contributed by atoms with Crippen molar-refractivity contribution in [1.82, 2.24) is 0 Å². The summed E-state index contributed by atoms with van der Waals surface area (Å²) in [7, 11) is 0. The number of carbonyl (C=O) groups is 2. The van der Waals surface area contributed by atoms with Crippen LogP contribution in [0.3, 0.4) is 0 Å². The molecule has 5 nitrogen and oxygen atoms in total. The van der Waals surface area contributed by atoms with Gasteiger partial charge in [0.1, 0.15) is 17.9 Å². The largest absolute Gasteiger partial charge is 0.487 e. The van der Waals surface area contributed by atoms with Crippen LogP contribution in [-0.2, 0) is 25.7 Å². The Hall–Kier alpha value is -2.14. The molecule has 1 saturated heterocycles. The average Bonchev–Trinajstić information content (AvgIpc) is 2.81. The van der Waals surface area contributed by atoms with Gasteiger partial charge in [-0.25, -0.2) is 9.59 Å². The van der Waals surface area contributed by atoms with E-state index in [1.807, 2.05) is 30.3 Å². The molecule has 0 bridgehead atoms. The fourth-order valence-corrected chi connectivity index (χ4v) is 6.63. The van der Waals surface area contributed by atoms with Gasteiger partial charge in [0.05, 0.1) is 7.14 Å². The molecule has 0 radical (unpaired) electrons. The molecule has 1 aliphatic heterocycles. The van der Waals surface area contributed by atoms with Crippen molar-refractivity contribution in [2.75, 3.05) is 0 Å². The highest BCUT2D eigenvalue weighted by molar-refractivity contribution is 14.1. The fraction of sp³-hybridized carbons (Fsp3) is 0.259. The maximum absolute atomic E-state index is 12.7. The Morgan fingerprint density at radius 2 is 1.53 bits per heavy atom. The minimum absolute atomic E-state index is 0.0766. The lowest BCUT2D eigenvalue weighted by molar-refractivity contribution is -0.244. The standard InChI is InChI=1S/C27H22I2O5/c28-22-14-17(13-21-25(30)33-27(34-26(21)31)11-4-1-5-12-27)15-23(29)24(22)32-16-19-9-6-8-18-7-2-3-10-20(18)19/h2-3,6-10,13-15H,1,4-5,11-12,16H2. The molecule has 34 heavy (non-hydrogen) atoms. The lowest BCUT2D eigenvalue weighted by Crippen LogP contribution is -2.47. The molecule has 3 aromatic carbocycles. The summed E-state index contributed by atoms with van der Waals surface area (Å²) < 4.78 is 19.2. The Bertz CT molecular complexity index is 1260. The Labute approximate surface area is 225 Å². The van der Waals surface area contributed by atoms with Crippen molar-refractivity contribution in [2.24, 2.45) is 0 Å². The van der Waals surface area contributed by atoms with Gasteiger partial charge in [-0.2, -0.15) is 0 Å². The lowest BCUT2D eigenvalue weighted by Gasteiger charge is -2.38. The third-order valence-corrected chi connectivity index (χ3v) is 7.80. The molecule has 1 aliphatic carbocycles. The van der Waals surface area contributed by atoms with Crippen molar-refractivity contribution >= 4 is 74.0 Å². The van der Waals surface area contributed by atoms with Crippen LogP contribution in [-0.4, -0.2) is 17.7 Å². The SMILES string of the molecule is O=C1OC2(CCCCC2)OC(=O)C1=Cc1cc(I)c(OCc2cccc3ccccc23)c(I)c1. The minimum atomic E-state index is -1.08. The number of ether oxygens (including phenoxy) is 3. The van der Waals surface area contributed by atoms with Gasteiger partial charge in [0.2, 0.25) is 0 Å². The number of hydrogen-bond donors (Lipinski definition) is 0. The Morgan fingerprint density at radius 1 is 0.882 bits per heavy atom.